The molecule has 0 saturated heterocycles. The SMILES string of the molecule is COCCn1cc(-n2cc(-c3cnc(C(N)=O)n3C)c(C(F)(F)F)n2)cn1. The summed E-state index contributed by atoms with van der Waals surface area (Å²) in [6.45, 7) is 0.852. The molecule has 0 unspecified atom stereocenters. The standard InChI is InChI=1S/C15H16F3N7O2/c1-23-11(6-20-14(23)13(19)26)10-8-25(22-12(10)15(16,17)18)9-5-21-24(7-9)3-4-27-2/h5-8H,3-4H2,1-2H3,(H2,19,26). The number of carbonyl (C=O) groups is 1. The molecule has 0 aliphatic carbocycles. The average molecular weight is 383 g/mol. The van der Waals surface area contributed by atoms with Gasteiger partial charge in [-0.15, -0.1) is 0 Å². The largest absolute Gasteiger partial charge is 0.435 e. The van der Waals surface area contributed by atoms with Crippen LogP contribution in [0.1, 0.15) is 16.3 Å². The number of hydrogen-bond donors (Lipinski definition) is 1. The van der Waals surface area contributed by atoms with E-state index in [0.717, 1.165) is 10.9 Å². The summed E-state index contributed by atoms with van der Waals surface area (Å²) in [6.07, 6.45) is 0.601. The normalized spacial score (nSPS) is 11.9. The van der Waals surface area contributed by atoms with Crippen LogP contribution in [0.2, 0.25) is 0 Å². The molecule has 0 saturated carbocycles. The Morgan fingerprint density at radius 1 is 1.30 bits per heavy atom. The number of aromatic nitrogens is 6. The molecule has 0 bridgehead atoms. The fourth-order valence-electron chi connectivity index (χ4n) is 2.57. The molecule has 0 aliphatic heterocycles. The second kappa shape index (κ2) is 6.87. The van der Waals surface area contributed by atoms with Crippen molar-refractivity contribution in [2.24, 2.45) is 12.8 Å². The number of alkyl halides is 3. The highest BCUT2D eigenvalue weighted by molar-refractivity contribution is 5.90. The van der Waals surface area contributed by atoms with Crippen LogP contribution in [0.4, 0.5) is 13.2 Å². The maximum Gasteiger partial charge on any atom is 0.435 e. The third-order valence-corrected chi connectivity index (χ3v) is 3.88. The molecule has 0 spiro atoms. The summed E-state index contributed by atoms with van der Waals surface area (Å²) >= 11 is 0. The van der Waals surface area contributed by atoms with Crippen LogP contribution in [0.3, 0.4) is 0 Å². The van der Waals surface area contributed by atoms with Crippen LogP contribution in [0.25, 0.3) is 16.9 Å². The van der Waals surface area contributed by atoms with E-state index >= 15 is 0 Å². The number of ether oxygens (including phenoxy) is 1. The first-order chi connectivity index (χ1) is 12.7. The number of amides is 1. The van der Waals surface area contributed by atoms with Crippen LogP contribution in [0.15, 0.2) is 24.8 Å². The topological polar surface area (TPSA) is 106 Å². The van der Waals surface area contributed by atoms with Gasteiger partial charge in [0.05, 0.1) is 43.0 Å². The number of primary amides is 1. The molecular formula is C15H16F3N7O2. The number of halogens is 3. The molecule has 1 amide bonds. The minimum absolute atomic E-state index is 0.0640. The van der Waals surface area contributed by atoms with Gasteiger partial charge in [-0.3, -0.25) is 9.48 Å². The fraction of sp³-hybridized carbons (Fsp3) is 0.333. The highest BCUT2D eigenvalue weighted by Crippen LogP contribution is 2.36. The van der Waals surface area contributed by atoms with Gasteiger partial charge in [0.25, 0.3) is 5.91 Å². The van der Waals surface area contributed by atoms with E-state index in [2.05, 4.69) is 15.2 Å². The molecule has 12 heteroatoms. The third kappa shape index (κ3) is 3.56. The van der Waals surface area contributed by atoms with Gasteiger partial charge in [-0.25, -0.2) is 9.67 Å². The maximum absolute atomic E-state index is 13.5. The van der Waals surface area contributed by atoms with Crippen molar-refractivity contribution < 1.29 is 22.7 Å². The van der Waals surface area contributed by atoms with E-state index in [1.165, 1.54) is 35.8 Å². The summed E-state index contributed by atoms with van der Waals surface area (Å²) in [7, 11) is 2.94. The molecule has 3 aromatic heterocycles. The number of hydrogen-bond acceptors (Lipinski definition) is 5. The summed E-state index contributed by atoms with van der Waals surface area (Å²) < 4.78 is 49.2. The first kappa shape index (κ1) is 18.6. The molecule has 0 fully saturated rings. The van der Waals surface area contributed by atoms with Crippen LogP contribution in [0, 0.1) is 0 Å². The zero-order valence-electron chi connectivity index (χ0n) is 14.4. The molecule has 0 aliphatic rings. The summed E-state index contributed by atoms with van der Waals surface area (Å²) in [5, 5.41) is 7.73. The molecule has 27 heavy (non-hydrogen) atoms. The molecule has 3 rings (SSSR count). The van der Waals surface area contributed by atoms with Crippen LogP contribution in [0.5, 0.6) is 0 Å². The summed E-state index contributed by atoms with van der Waals surface area (Å²) in [5.41, 5.74) is 4.26. The molecule has 0 radical (unpaired) electrons. The van der Waals surface area contributed by atoms with Crippen molar-refractivity contribution in [2.45, 2.75) is 12.7 Å². The zero-order chi connectivity index (χ0) is 19.8. The van der Waals surface area contributed by atoms with E-state index in [1.807, 2.05) is 0 Å². The lowest BCUT2D eigenvalue weighted by Crippen LogP contribution is -2.17. The second-order valence-corrected chi connectivity index (χ2v) is 5.68. The Labute approximate surface area is 151 Å². The highest BCUT2D eigenvalue weighted by atomic mass is 19.4. The molecule has 144 valence electrons. The van der Waals surface area contributed by atoms with Crippen molar-refractivity contribution in [3.8, 4) is 16.9 Å². The van der Waals surface area contributed by atoms with Gasteiger partial charge in [-0.1, -0.05) is 0 Å². The Bertz CT molecular complexity index is 971. The highest BCUT2D eigenvalue weighted by Gasteiger charge is 2.38. The van der Waals surface area contributed by atoms with Crippen molar-refractivity contribution in [3.63, 3.8) is 0 Å². The van der Waals surface area contributed by atoms with Crippen LogP contribution in [-0.4, -0.2) is 48.7 Å². The van der Waals surface area contributed by atoms with Gasteiger partial charge < -0.3 is 15.0 Å². The van der Waals surface area contributed by atoms with Gasteiger partial charge in [0.2, 0.25) is 0 Å². The van der Waals surface area contributed by atoms with Crippen molar-refractivity contribution >= 4 is 5.91 Å². The van der Waals surface area contributed by atoms with E-state index in [1.54, 1.807) is 6.20 Å². The lowest BCUT2D eigenvalue weighted by atomic mass is 10.2. The lowest BCUT2D eigenvalue weighted by Gasteiger charge is -2.07. The minimum Gasteiger partial charge on any atom is -0.383 e. The second-order valence-electron chi connectivity index (χ2n) is 5.68. The van der Waals surface area contributed by atoms with Crippen molar-refractivity contribution in [3.05, 3.63) is 36.3 Å². The molecule has 3 heterocycles. The average Bonchev–Trinajstić information content (AvgIpc) is 3.29. The Morgan fingerprint density at radius 3 is 2.63 bits per heavy atom. The van der Waals surface area contributed by atoms with E-state index in [-0.39, 0.29) is 17.1 Å². The fourth-order valence-corrected chi connectivity index (χ4v) is 2.57. The zero-order valence-corrected chi connectivity index (χ0v) is 14.4. The number of nitrogens with zero attached hydrogens (tertiary/aromatic N) is 6. The molecule has 0 aromatic carbocycles. The van der Waals surface area contributed by atoms with Gasteiger partial charge in [0, 0.05) is 20.4 Å². The monoisotopic (exact) mass is 383 g/mol. The van der Waals surface area contributed by atoms with Crippen LogP contribution >= 0.6 is 0 Å². The molecule has 3 aromatic rings. The molecule has 0 atom stereocenters. The number of imidazole rings is 1. The summed E-state index contributed by atoms with van der Waals surface area (Å²) in [5.74, 6) is -0.998. The van der Waals surface area contributed by atoms with E-state index in [9.17, 15) is 18.0 Å². The number of rotatable bonds is 6. The van der Waals surface area contributed by atoms with Gasteiger partial charge >= 0.3 is 6.18 Å². The Hall–Kier alpha value is -3.15. The number of methoxy groups -OCH3 is 1. The van der Waals surface area contributed by atoms with Crippen molar-refractivity contribution in [1.29, 1.82) is 0 Å². The Balaban J connectivity index is 2.07. The summed E-state index contributed by atoms with van der Waals surface area (Å²) in [6, 6.07) is 0. The smallest absolute Gasteiger partial charge is 0.383 e. The first-order valence-electron chi connectivity index (χ1n) is 7.73. The maximum atomic E-state index is 13.5. The lowest BCUT2D eigenvalue weighted by molar-refractivity contribution is -0.140. The van der Waals surface area contributed by atoms with Gasteiger partial charge in [-0.05, 0) is 0 Å². The third-order valence-electron chi connectivity index (χ3n) is 3.88. The van der Waals surface area contributed by atoms with Crippen LogP contribution < -0.4 is 5.73 Å². The molecule has 2 N–H and O–H groups in total. The number of nitrogens with two attached hydrogens (primary N) is 1. The Morgan fingerprint density at radius 2 is 2.04 bits per heavy atom. The van der Waals surface area contributed by atoms with Gasteiger partial charge in [0.15, 0.2) is 11.5 Å². The van der Waals surface area contributed by atoms with Crippen molar-refractivity contribution in [1.82, 2.24) is 29.1 Å². The van der Waals surface area contributed by atoms with E-state index in [4.69, 9.17) is 10.5 Å². The predicted octanol–water partition coefficient (Wildman–Crippen LogP) is 1.23. The molecular weight excluding hydrogens is 367 g/mol. The Kier molecular flexibility index (Phi) is 4.74. The predicted molar refractivity (Wildman–Crippen MR) is 86.9 cm³/mol. The van der Waals surface area contributed by atoms with E-state index < -0.39 is 17.8 Å². The summed E-state index contributed by atoms with van der Waals surface area (Å²) in [4.78, 5) is 15.1. The minimum atomic E-state index is -4.70. The van der Waals surface area contributed by atoms with Gasteiger partial charge in [0.1, 0.15) is 5.69 Å². The van der Waals surface area contributed by atoms with Crippen molar-refractivity contribution in [2.75, 3.05) is 13.7 Å². The molecule has 9 nitrogen and oxygen atoms in total. The van der Waals surface area contributed by atoms with Gasteiger partial charge in [-0.2, -0.15) is 23.4 Å². The van der Waals surface area contributed by atoms with Crippen LogP contribution in [-0.2, 0) is 24.5 Å². The van der Waals surface area contributed by atoms with E-state index in [0.29, 0.717) is 18.8 Å². The first-order valence-corrected chi connectivity index (χ1v) is 7.73. The number of carbonyl (C=O) groups excluding carboxylic acids is 1. The quantitative estimate of drug-likeness (QED) is 0.689.